The summed E-state index contributed by atoms with van der Waals surface area (Å²) < 4.78 is 5.26. The first kappa shape index (κ1) is 15.5. The third-order valence-corrected chi connectivity index (χ3v) is 3.10. The molecule has 0 unspecified atom stereocenters. The van der Waals surface area contributed by atoms with Crippen LogP contribution in [0.3, 0.4) is 0 Å². The molecule has 2 rings (SSSR count). The summed E-state index contributed by atoms with van der Waals surface area (Å²) in [5.41, 5.74) is -0.382. The monoisotopic (exact) mass is 349 g/mol. The summed E-state index contributed by atoms with van der Waals surface area (Å²) in [5, 5.41) is 13.6. The molecule has 0 aliphatic rings. The Labute approximate surface area is 133 Å². The van der Waals surface area contributed by atoms with Gasteiger partial charge in [-0.05, 0) is 11.6 Å². The van der Waals surface area contributed by atoms with Crippen molar-refractivity contribution in [3.63, 3.8) is 0 Å². The van der Waals surface area contributed by atoms with Crippen LogP contribution in [0.2, 0.25) is 15.3 Å². The summed E-state index contributed by atoms with van der Waals surface area (Å²) in [4.78, 5) is 21.7. The number of anilines is 1. The molecule has 0 fully saturated rings. The molecule has 1 heterocycles. The van der Waals surface area contributed by atoms with Crippen LogP contribution in [0.25, 0.3) is 0 Å². The van der Waals surface area contributed by atoms with Crippen LogP contribution in [0, 0.1) is 10.1 Å². The van der Waals surface area contributed by atoms with E-state index in [0.29, 0.717) is 0 Å². The highest BCUT2D eigenvalue weighted by Crippen LogP contribution is 2.37. The molecule has 0 amide bonds. The maximum absolute atomic E-state index is 11.0. The Morgan fingerprint density at radius 2 is 1.86 bits per heavy atom. The molecule has 0 atom stereocenters. The van der Waals surface area contributed by atoms with Crippen molar-refractivity contribution in [2.24, 2.45) is 0 Å². The lowest BCUT2D eigenvalue weighted by atomic mass is 10.3. The molecule has 1 aromatic carbocycles. The van der Waals surface area contributed by atoms with Gasteiger partial charge in [0.2, 0.25) is 17.0 Å². The summed E-state index contributed by atoms with van der Waals surface area (Å²) in [6, 6.07) is 2.04. The minimum absolute atomic E-state index is 0.0281. The molecule has 8 nitrogen and oxygen atoms in total. The Morgan fingerprint density at radius 3 is 2.48 bits per heavy atom. The normalized spacial score (nSPS) is 10.3. The molecule has 0 radical (unpaired) electrons. The Hall–Kier alpha value is -1.90. The van der Waals surface area contributed by atoms with Crippen molar-refractivity contribution >= 4 is 46.4 Å². The molecule has 11 heteroatoms. The first-order chi connectivity index (χ1) is 9.90. The SMILES string of the molecule is CNc1nc(Cl)nc(Oc2cc(Cl)c(Cl)cc2[N+](=O)[O-])n1. The van der Waals surface area contributed by atoms with E-state index in [-0.39, 0.29) is 38.7 Å². The molecular weight excluding hydrogens is 345 g/mol. The molecule has 1 N–H and O–H groups in total. The minimum Gasteiger partial charge on any atom is -0.417 e. The first-order valence-electron chi connectivity index (χ1n) is 5.31. The van der Waals surface area contributed by atoms with Crippen molar-refractivity contribution in [2.45, 2.75) is 0 Å². The summed E-state index contributed by atoms with van der Waals surface area (Å²) in [6.07, 6.45) is 0. The minimum atomic E-state index is -0.667. The maximum Gasteiger partial charge on any atom is 0.328 e. The third-order valence-electron chi connectivity index (χ3n) is 2.21. The maximum atomic E-state index is 11.0. The third kappa shape index (κ3) is 3.60. The number of benzene rings is 1. The largest absolute Gasteiger partial charge is 0.417 e. The second-order valence-electron chi connectivity index (χ2n) is 3.55. The van der Waals surface area contributed by atoms with Crippen LogP contribution in [0.4, 0.5) is 11.6 Å². The number of nitrogens with zero attached hydrogens (tertiary/aromatic N) is 4. The highest BCUT2D eigenvalue weighted by Gasteiger charge is 2.20. The fourth-order valence-corrected chi connectivity index (χ4v) is 1.79. The number of nitro groups is 1. The number of aromatic nitrogens is 3. The Morgan fingerprint density at radius 1 is 1.19 bits per heavy atom. The van der Waals surface area contributed by atoms with Gasteiger partial charge in [0.05, 0.1) is 15.0 Å². The van der Waals surface area contributed by atoms with Crippen LogP contribution in [0.5, 0.6) is 11.8 Å². The zero-order chi connectivity index (χ0) is 15.6. The molecular formula is C10H6Cl3N5O3. The number of halogens is 3. The number of hydrogen-bond donors (Lipinski definition) is 1. The van der Waals surface area contributed by atoms with Crippen LogP contribution in [-0.2, 0) is 0 Å². The van der Waals surface area contributed by atoms with Gasteiger partial charge in [-0.3, -0.25) is 10.1 Å². The van der Waals surface area contributed by atoms with E-state index in [1.807, 2.05) is 0 Å². The first-order valence-corrected chi connectivity index (χ1v) is 6.44. The average Bonchev–Trinajstić information content (AvgIpc) is 2.41. The topological polar surface area (TPSA) is 103 Å². The van der Waals surface area contributed by atoms with Gasteiger partial charge in [-0.25, -0.2) is 0 Å². The molecule has 0 aliphatic carbocycles. The number of hydrogen-bond acceptors (Lipinski definition) is 7. The zero-order valence-corrected chi connectivity index (χ0v) is 12.6. The second kappa shape index (κ2) is 6.25. The lowest BCUT2D eigenvalue weighted by molar-refractivity contribution is -0.385. The molecule has 0 bridgehead atoms. The second-order valence-corrected chi connectivity index (χ2v) is 4.71. The van der Waals surface area contributed by atoms with Gasteiger partial charge in [0.25, 0.3) is 0 Å². The van der Waals surface area contributed by atoms with E-state index in [0.717, 1.165) is 6.07 Å². The van der Waals surface area contributed by atoms with Crippen molar-refractivity contribution in [1.82, 2.24) is 15.0 Å². The summed E-state index contributed by atoms with van der Waals surface area (Å²) in [7, 11) is 1.57. The number of rotatable bonds is 4. The van der Waals surface area contributed by atoms with Gasteiger partial charge >= 0.3 is 11.7 Å². The molecule has 0 saturated carbocycles. The standard InChI is InChI=1S/C10H6Cl3N5O3/c1-14-9-15-8(13)16-10(17-9)21-7-3-5(12)4(11)2-6(7)18(19)20/h2-3H,1H3,(H,14,15,16,17). The van der Waals surface area contributed by atoms with Crippen molar-refractivity contribution in [3.05, 3.63) is 37.6 Å². The highest BCUT2D eigenvalue weighted by molar-refractivity contribution is 6.42. The lowest BCUT2D eigenvalue weighted by Gasteiger charge is -2.07. The predicted octanol–water partition coefficient (Wildman–Crippen LogP) is 3.57. The van der Waals surface area contributed by atoms with E-state index in [2.05, 4.69) is 20.3 Å². The molecule has 0 aliphatic heterocycles. The van der Waals surface area contributed by atoms with Gasteiger partial charge in [0.15, 0.2) is 0 Å². The van der Waals surface area contributed by atoms with E-state index in [9.17, 15) is 10.1 Å². The van der Waals surface area contributed by atoms with E-state index < -0.39 is 4.92 Å². The average molecular weight is 351 g/mol. The molecule has 0 saturated heterocycles. The Balaban J connectivity index is 2.46. The molecule has 21 heavy (non-hydrogen) atoms. The number of ether oxygens (including phenoxy) is 1. The van der Waals surface area contributed by atoms with E-state index in [4.69, 9.17) is 39.5 Å². The smallest absolute Gasteiger partial charge is 0.328 e. The van der Waals surface area contributed by atoms with Crippen molar-refractivity contribution in [2.75, 3.05) is 12.4 Å². The lowest BCUT2D eigenvalue weighted by Crippen LogP contribution is -2.02. The zero-order valence-electron chi connectivity index (χ0n) is 10.3. The molecule has 110 valence electrons. The van der Waals surface area contributed by atoms with Gasteiger partial charge < -0.3 is 10.1 Å². The van der Waals surface area contributed by atoms with Crippen molar-refractivity contribution in [1.29, 1.82) is 0 Å². The van der Waals surface area contributed by atoms with Crippen molar-refractivity contribution in [3.8, 4) is 11.8 Å². The molecule has 0 spiro atoms. The molecule has 1 aromatic heterocycles. The Bertz CT molecular complexity index is 713. The van der Waals surface area contributed by atoms with Crippen LogP contribution >= 0.6 is 34.8 Å². The van der Waals surface area contributed by atoms with E-state index in [1.165, 1.54) is 6.07 Å². The summed E-state index contributed by atoms with van der Waals surface area (Å²) >= 11 is 17.3. The van der Waals surface area contributed by atoms with Gasteiger partial charge in [-0.2, -0.15) is 15.0 Å². The van der Waals surface area contributed by atoms with Gasteiger partial charge in [-0.15, -0.1) is 0 Å². The van der Waals surface area contributed by atoms with Gasteiger partial charge in [0.1, 0.15) is 0 Å². The quantitative estimate of drug-likeness (QED) is 0.664. The molecule has 2 aromatic rings. The number of nitro benzene ring substituents is 1. The van der Waals surface area contributed by atoms with E-state index in [1.54, 1.807) is 7.05 Å². The highest BCUT2D eigenvalue weighted by atomic mass is 35.5. The van der Waals surface area contributed by atoms with Gasteiger partial charge in [0, 0.05) is 19.2 Å². The van der Waals surface area contributed by atoms with Crippen LogP contribution in [0.15, 0.2) is 12.1 Å². The number of nitrogens with one attached hydrogen (secondary N) is 1. The van der Waals surface area contributed by atoms with Crippen LogP contribution in [0.1, 0.15) is 0 Å². The van der Waals surface area contributed by atoms with Crippen molar-refractivity contribution < 1.29 is 9.66 Å². The Kier molecular flexibility index (Phi) is 4.61. The fraction of sp³-hybridized carbons (Fsp3) is 0.100. The van der Waals surface area contributed by atoms with Crippen LogP contribution < -0.4 is 10.1 Å². The summed E-state index contributed by atoms with van der Waals surface area (Å²) in [5.74, 6) is -0.0218. The van der Waals surface area contributed by atoms with E-state index >= 15 is 0 Å². The fourth-order valence-electron chi connectivity index (χ4n) is 1.33. The predicted molar refractivity (Wildman–Crippen MR) is 77.6 cm³/mol. The van der Waals surface area contributed by atoms with Crippen LogP contribution in [-0.4, -0.2) is 26.9 Å². The summed E-state index contributed by atoms with van der Waals surface area (Å²) in [6.45, 7) is 0. The van der Waals surface area contributed by atoms with Gasteiger partial charge in [-0.1, -0.05) is 23.2 Å².